The SMILES string of the molecule is O=C(O)c1cccs1.[Cu+]. The van der Waals surface area contributed by atoms with E-state index in [0.29, 0.717) is 4.88 Å². The fourth-order valence-corrected chi connectivity index (χ4v) is 0.962. The Morgan fingerprint density at radius 2 is 2.33 bits per heavy atom. The fourth-order valence-electron chi connectivity index (χ4n) is 0.400. The van der Waals surface area contributed by atoms with Gasteiger partial charge < -0.3 is 5.11 Å². The Bertz CT molecular complexity index is 183. The van der Waals surface area contributed by atoms with Crippen LogP contribution < -0.4 is 0 Å². The van der Waals surface area contributed by atoms with Crippen molar-refractivity contribution in [3.63, 3.8) is 0 Å². The second-order valence-electron chi connectivity index (χ2n) is 1.28. The van der Waals surface area contributed by atoms with Gasteiger partial charge in [-0.15, -0.1) is 11.3 Å². The standard InChI is InChI=1S/C5H4O2S.Cu/c6-5(7)4-2-1-3-8-4;/h1-3H,(H,6,7);/q;+1. The van der Waals surface area contributed by atoms with Crippen molar-refractivity contribution in [1.29, 1.82) is 0 Å². The molecule has 0 aliphatic carbocycles. The van der Waals surface area contributed by atoms with Crippen LogP contribution in [0.15, 0.2) is 17.5 Å². The van der Waals surface area contributed by atoms with Gasteiger partial charge in [-0.2, -0.15) is 0 Å². The minimum atomic E-state index is -0.847. The molecule has 1 N–H and O–H groups in total. The van der Waals surface area contributed by atoms with Crippen LogP contribution >= 0.6 is 11.3 Å². The third-order valence-electron chi connectivity index (χ3n) is 0.732. The number of hydrogen-bond donors (Lipinski definition) is 1. The van der Waals surface area contributed by atoms with Crippen molar-refractivity contribution in [2.24, 2.45) is 0 Å². The molecule has 0 fully saturated rings. The van der Waals surface area contributed by atoms with E-state index >= 15 is 0 Å². The van der Waals surface area contributed by atoms with Gasteiger partial charge in [0.05, 0.1) is 0 Å². The summed E-state index contributed by atoms with van der Waals surface area (Å²) in [5.74, 6) is -0.847. The zero-order valence-corrected chi connectivity index (χ0v) is 6.06. The van der Waals surface area contributed by atoms with Gasteiger partial charge in [0, 0.05) is 0 Å². The zero-order valence-electron chi connectivity index (χ0n) is 4.30. The minimum Gasteiger partial charge on any atom is -0.477 e. The summed E-state index contributed by atoms with van der Waals surface area (Å²) in [6, 6.07) is 3.29. The maximum atomic E-state index is 10.1. The normalized spacial score (nSPS) is 8.00. The van der Waals surface area contributed by atoms with Gasteiger partial charge in [-0.25, -0.2) is 4.79 Å². The van der Waals surface area contributed by atoms with Gasteiger partial charge in [-0.1, -0.05) is 6.07 Å². The number of carbonyl (C=O) groups is 1. The number of carboxylic acid groups (broad SMARTS) is 1. The third-order valence-corrected chi connectivity index (χ3v) is 1.59. The van der Waals surface area contributed by atoms with Gasteiger partial charge in [-0.05, 0) is 11.4 Å². The van der Waals surface area contributed by atoms with Crippen molar-refractivity contribution in [3.05, 3.63) is 22.4 Å². The second-order valence-corrected chi connectivity index (χ2v) is 2.23. The first-order valence-electron chi connectivity index (χ1n) is 2.07. The van der Waals surface area contributed by atoms with Crippen LogP contribution in [0.4, 0.5) is 0 Å². The van der Waals surface area contributed by atoms with Crippen LogP contribution in [0.5, 0.6) is 0 Å². The van der Waals surface area contributed by atoms with Gasteiger partial charge in [0.1, 0.15) is 4.88 Å². The number of carboxylic acids is 1. The average Bonchev–Trinajstić information content (AvgIpc) is 2.12. The van der Waals surface area contributed by atoms with E-state index in [0.717, 1.165) is 0 Å². The Morgan fingerprint density at radius 3 is 2.56 bits per heavy atom. The number of rotatable bonds is 1. The van der Waals surface area contributed by atoms with E-state index in [1.54, 1.807) is 17.5 Å². The van der Waals surface area contributed by atoms with Crippen LogP contribution in [0.1, 0.15) is 9.67 Å². The summed E-state index contributed by atoms with van der Waals surface area (Å²) in [7, 11) is 0. The molecule has 1 aromatic rings. The summed E-state index contributed by atoms with van der Waals surface area (Å²) in [4.78, 5) is 10.5. The summed E-state index contributed by atoms with van der Waals surface area (Å²) >= 11 is 1.23. The van der Waals surface area contributed by atoms with E-state index in [9.17, 15) is 4.79 Å². The Morgan fingerprint density at radius 1 is 1.67 bits per heavy atom. The molecule has 4 heteroatoms. The van der Waals surface area contributed by atoms with Crippen LogP contribution in [0, 0.1) is 0 Å². The molecule has 0 amide bonds. The molecule has 0 saturated carbocycles. The van der Waals surface area contributed by atoms with Crippen molar-refractivity contribution >= 4 is 17.3 Å². The van der Waals surface area contributed by atoms with Gasteiger partial charge in [0.25, 0.3) is 0 Å². The Hall–Kier alpha value is -0.311. The first-order valence-corrected chi connectivity index (χ1v) is 2.95. The summed E-state index contributed by atoms with van der Waals surface area (Å²) in [5, 5.41) is 10.0. The first-order chi connectivity index (χ1) is 3.80. The smallest absolute Gasteiger partial charge is 0.477 e. The molecule has 0 aliphatic heterocycles. The van der Waals surface area contributed by atoms with Crippen molar-refractivity contribution in [2.75, 3.05) is 0 Å². The van der Waals surface area contributed by atoms with E-state index in [1.165, 1.54) is 11.3 Å². The number of thiophene rings is 1. The molecule has 0 unspecified atom stereocenters. The van der Waals surface area contributed by atoms with Crippen LogP contribution in [0.25, 0.3) is 0 Å². The van der Waals surface area contributed by atoms with Gasteiger partial charge in [-0.3, -0.25) is 0 Å². The van der Waals surface area contributed by atoms with E-state index in [4.69, 9.17) is 5.11 Å². The molecule has 1 heterocycles. The molecule has 0 spiro atoms. The monoisotopic (exact) mass is 191 g/mol. The molecule has 1 aromatic heterocycles. The average molecular weight is 192 g/mol. The molecule has 9 heavy (non-hydrogen) atoms. The summed E-state index contributed by atoms with van der Waals surface area (Å²) in [6.45, 7) is 0. The number of aromatic carboxylic acids is 1. The number of hydrogen-bond acceptors (Lipinski definition) is 2. The van der Waals surface area contributed by atoms with E-state index < -0.39 is 5.97 Å². The van der Waals surface area contributed by atoms with Crippen molar-refractivity contribution in [1.82, 2.24) is 0 Å². The quantitative estimate of drug-likeness (QED) is 0.683. The predicted molar refractivity (Wildman–Crippen MR) is 31.3 cm³/mol. The van der Waals surface area contributed by atoms with E-state index in [1.807, 2.05) is 0 Å². The minimum absolute atomic E-state index is 0. The van der Waals surface area contributed by atoms with Crippen LogP contribution in [-0.4, -0.2) is 11.1 Å². The first kappa shape index (κ1) is 8.69. The summed E-state index contributed by atoms with van der Waals surface area (Å²) in [6.07, 6.45) is 0. The van der Waals surface area contributed by atoms with Crippen molar-refractivity contribution in [3.8, 4) is 0 Å². The Labute approximate surface area is 67.0 Å². The largest absolute Gasteiger partial charge is 1.00 e. The van der Waals surface area contributed by atoms with Gasteiger partial charge in [0.15, 0.2) is 0 Å². The van der Waals surface area contributed by atoms with Crippen molar-refractivity contribution in [2.45, 2.75) is 0 Å². The maximum absolute atomic E-state index is 10.1. The molecular formula is C5H4CuO2S+. The van der Waals surface area contributed by atoms with Gasteiger partial charge >= 0.3 is 23.0 Å². The molecular weight excluding hydrogens is 188 g/mol. The molecule has 1 rings (SSSR count). The zero-order chi connectivity index (χ0) is 5.98. The molecule has 0 saturated heterocycles. The predicted octanol–water partition coefficient (Wildman–Crippen LogP) is 1.44. The summed E-state index contributed by atoms with van der Waals surface area (Å²) < 4.78 is 0. The molecule has 2 nitrogen and oxygen atoms in total. The molecule has 0 atom stereocenters. The Kier molecular flexibility index (Phi) is 3.54. The molecule has 0 aliphatic rings. The molecule has 0 radical (unpaired) electrons. The molecule has 52 valence electrons. The topological polar surface area (TPSA) is 37.3 Å². The van der Waals surface area contributed by atoms with Gasteiger partial charge in [0.2, 0.25) is 0 Å². The van der Waals surface area contributed by atoms with Crippen LogP contribution in [0.3, 0.4) is 0 Å². The second kappa shape index (κ2) is 3.67. The maximum Gasteiger partial charge on any atom is 1.00 e. The van der Waals surface area contributed by atoms with Crippen molar-refractivity contribution < 1.29 is 27.0 Å². The van der Waals surface area contributed by atoms with Crippen LogP contribution in [0.2, 0.25) is 0 Å². The molecule has 0 aromatic carbocycles. The van der Waals surface area contributed by atoms with E-state index in [-0.39, 0.29) is 17.1 Å². The summed E-state index contributed by atoms with van der Waals surface area (Å²) in [5.41, 5.74) is 0. The van der Waals surface area contributed by atoms with E-state index in [2.05, 4.69) is 0 Å². The fraction of sp³-hybridized carbons (Fsp3) is 0. The third kappa shape index (κ3) is 2.18. The van der Waals surface area contributed by atoms with Crippen LogP contribution in [-0.2, 0) is 17.1 Å². The Balaban J connectivity index is 0.000000640. The molecule has 0 bridgehead atoms.